The van der Waals surface area contributed by atoms with E-state index in [1.165, 1.54) is 31.4 Å². The molecule has 5 rings (SSSR count). The highest BCUT2D eigenvalue weighted by Gasteiger charge is 2.61. The monoisotopic (exact) mass is 509 g/mol. The van der Waals surface area contributed by atoms with Gasteiger partial charge in [-0.2, -0.15) is 0 Å². The van der Waals surface area contributed by atoms with Gasteiger partial charge in [-0.05, 0) is 42.5 Å². The lowest BCUT2D eigenvalue weighted by molar-refractivity contribution is -0.385. The van der Waals surface area contributed by atoms with Gasteiger partial charge >= 0.3 is 0 Å². The SMILES string of the molecule is COc1cc([C@H]2[C@H]3C(=O)N(c4ccc(Cl)cc4)C(=O)[C@@H]3ON2c2ccccc2)c([N+](=O)[O-])cc1OC. The highest BCUT2D eigenvalue weighted by molar-refractivity contribution is 6.31. The molecule has 3 atom stereocenters. The van der Waals surface area contributed by atoms with Gasteiger partial charge in [0.05, 0.1) is 42.1 Å². The van der Waals surface area contributed by atoms with E-state index in [0.717, 1.165) is 4.90 Å². The molecule has 0 unspecified atom stereocenters. The smallest absolute Gasteiger partial charge is 0.278 e. The number of para-hydroxylation sites is 1. The Morgan fingerprint density at radius 3 is 2.17 bits per heavy atom. The van der Waals surface area contributed by atoms with Gasteiger partial charge in [0.1, 0.15) is 12.0 Å². The zero-order valence-corrected chi connectivity index (χ0v) is 19.9. The number of nitro groups is 1. The lowest BCUT2D eigenvalue weighted by Gasteiger charge is -2.29. The number of methoxy groups -OCH3 is 2. The Bertz CT molecular complexity index is 1350. The molecule has 2 aliphatic heterocycles. The van der Waals surface area contributed by atoms with Gasteiger partial charge in [0.25, 0.3) is 11.6 Å². The fourth-order valence-electron chi connectivity index (χ4n) is 4.65. The van der Waals surface area contributed by atoms with Gasteiger partial charge in [0.15, 0.2) is 17.6 Å². The summed E-state index contributed by atoms with van der Waals surface area (Å²) < 4.78 is 10.6. The van der Waals surface area contributed by atoms with Gasteiger partial charge < -0.3 is 9.47 Å². The molecule has 2 amide bonds. The molecule has 36 heavy (non-hydrogen) atoms. The number of carbonyl (C=O) groups excluding carboxylic acids is 2. The van der Waals surface area contributed by atoms with Crippen LogP contribution in [0.15, 0.2) is 66.7 Å². The maximum atomic E-state index is 13.7. The summed E-state index contributed by atoms with van der Waals surface area (Å²) in [5, 5.41) is 14.0. The van der Waals surface area contributed by atoms with Crippen molar-refractivity contribution < 1.29 is 28.8 Å². The number of fused-ring (bicyclic) bond motifs is 1. The van der Waals surface area contributed by atoms with Crippen molar-refractivity contribution in [3.8, 4) is 11.5 Å². The van der Waals surface area contributed by atoms with Crippen LogP contribution in [0.4, 0.5) is 17.1 Å². The minimum atomic E-state index is -1.19. The van der Waals surface area contributed by atoms with Crippen LogP contribution in [0.25, 0.3) is 0 Å². The standard InChI is InChI=1S/C25H20ClN3O7/c1-34-19-12-17(18(29(32)33)13-20(19)35-2)22-21-23(36-28(22)16-6-4-3-5-7-16)25(31)27(24(21)30)15-10-8-14(26)9-11-15/h3-13,21-23H,1-2H3/t21-,22+,23-/m1/s1. The van der Waals surface area contributed by atoms with Crippen LogP contribution in [0.3, 0.4) is 0 Å². The van der Waals surface area contributed by atoms with E-state index in [-0.39, 0.29) is 22.7 Å². The molecule has 0 bridgehead atoms. The molecule has 10 nitrogen and oxygen atoms in total. The lowest BCUT2D eigenvalue weighted by atomic mass is 9.89. The lowest BCUT2D eigenvalue weighted by Crippen LogP contribution is -2.37. The first kappa shape index (κ1) is 23.6. The van der Waals surface area contributed by atoms with E-state index >= 15 is 0 Å². The normalized spacial score (nSPS) is 21.0. The number of carbonyl (C=O) groups is 2. The maximum Gasteiger partial charge on any atom is 0.278 e. The fraction of sp³-hybridized carbons (Fsp3) is 0.200. The van der Waals surface area contributed by atoms with Gasteiger partial charge in [-0.1, -0.05) is 29.8 Å². The average molecular weight is 510 g/mol. The van der Waals surface area contributed by atoms with Crippen molar-refractivity contribution in [1.29, 1.82) is 0 Å². The molecular formula is C25H20ClN3O7. The van der Waals surface area contributed by atoms with Gasteiger partial charge in [-0.15, -0.1) is 0 Å². The summed E-state index contributed by atoms with van der Waals surface area (Å²) in [7, 11) is 2.78. The van der Waals surface area contributed by atoms with Gasteiger partial charge in [0, 0.05) is 5.02 Å². The predicted molar refractivity (Wildman–Crippen MR) is 130 cm³/mol. The Morgan fingerprint density at radius 1 is 0.917 bits per heavy atom. The highest BCUT2D eigenvalue weighted by Crippen LogP contribution is 2.51. The molecule has 0 N–H and O–H groups in total. The summed E-state index contributed by atoms with van der Waals surface area (Å²) in [6, 6.07) is 16.7. The van der Waals surface area contributed by atoms with Crippen molar-refractivity contribution in [3.63, 3.8) is 0 Å². The third-order valence-electron chi connectivity index (χ3n) is 6.26. The van der Waals surface area contributed by atoms with Crippen molar-refractivity contribution in [2.24, 2.45) is 5.92 Å². The molecule has 3 aromatic rings. The maximum absolute atomic E-state index is 13.7. The predicted octanol–water partition coefficient (Wildman–Crippen LogP) is 4.32. The Labute approximate surface area is 210 Å². The first-order valence-corrected chi connectivity index (χ1v) is 11.3. The summed E-state index contributed by atoms with van der Waals surface area (Å²) in [6.07, 6.45) is -1.19. The second-order valence-corrected chi connectivity index (χ2v) is 8.61. The van der Waals surface area contributed by atoms with Gasteiger partial charge in [-0.25, -0.2) is 9.96 Å². The van der Waals surface area contributed by atoms with Crippen LogP contribution in [0.5, 0.6) is 11.5 Å². The third kappa shape index (κ3) is 3.71. The van der Waals surface area contributed by atoms with E-state index in [4.69, 9.17) is 25.9 Å². The number of hydrogen-bond donors (Lipinski definition) is 0. The van der Waals surface area contributed by atoms with E-state index in [1.807, 2.05) is 0 Å². The number of ether oxygens (including phenoxy) is 2. The number of hydrogen-bond acceptors (Lipinski definition) is 8. The van der Waals surface area contributed by atoms with Gasteiger partial charge in [-0.3, -0.25) is 24.5 Å². The Morgan fingerprint density at radius 2 is 1.56 bits per heavy atom. The second kappa shape index (κ2) is 9.14. The second-order valence-electron chi connectivity index (χ2n) is 8.17. The Kier molecular flexibility index (Phi) is 5.99. The van der Waals surface area contributed by atoms with E-state index in [2.05, 4.69) is 0 Å². The summed E-state index contributed by atoms with van der Waals surface area (Å²) in [4.78, 5) is 45.8. The first-order chi connectivity index (χ1) is 17.3. The van der Waals surface area contributed by atoms with E-state index < -0.39 is 34.8 Å². The third-order valence-corrected chi connectivity index (χ3v) is 6.51. The molecule has 184 valence electrons. The number of imide groups is 1. The number of rotatable bonds is 6. The fourth-order valence-corrected chi connectivity index (χ4v) is 4.78. The van der Waals surface area contributed by atoms with Crippen molar-refractivity contribution >= 4 is 40.5 Å². The molecule has 0 radical (unpaired) electrons. The molecule has 2 fully saturated rings. The number of amides is 2. The molecule has 3 aromatic carbocycles. The van der Waals surface area contributed by atoms with Crippen LogP contribution in [-0.2, 0) is 14.4 Å². The van der Waals surface area contributed by atoms with Crippen molar-refractivity contribution in [3.05, 3.63) is 87.4 Å². The highest BCUT2D eigenvalue weighted by atomic mass is 35.5. The zero-order valence-electron chi connectivity index (χ0n) is 19.2. The molecule has 0 spiro atoms. The number of nitro benzene ring substituents is 1. The minimum absolute atomic E-state index is 0.146. The Balaban J connectivity index is 1.68. The first-order valence-electron chi connectivity index (χ1n) is 10.9. The number of nitrogens with zero attached hydrogens (tertiary/aromatic N) is 3. The molecule has 0 saturated carbocycles. The van der Waals surface area contributed by atoms with Crippen LogP contribution in [0.2, 0.25) is 5.02 Å². The van der Waals surface area contributed by atoms with Crippen LogP contribution in [0, 0.1) is 16.0 Å². The number of benzene rings is 3. The van der Waals surface area contributed by atoms with Crippen molar-refractivity contribution in [2.75, 3.05) is 24.2 Å². The molecule has 11 heteroatoms. The largest absolute Gasteiger partial charge is 0.493 e. The molecule has 2 aliphatic rings. The summed E-state index contributed by atoms with van der Waals surface area (Å²) in [6.45, 7) is 0. The Hall–Kier alpha value is -4.15. The summed E-state index contributed by atoms with van der Waals surface area (Å²) >= 11 is 5.97. The van der Waals surface area contributed by atoms with Crippen molar-refractivity contribution in [2.45, 2.75) is 12.1 Å². The minimum Gasteiger partial charge on any atom is -0.493 e. The van der Waals surface area contributed by atoms with E-state index in [0.29, 0.717) is 16.4 Å². The van der Waals surface area contributed by atoms with Crippen LogP contribution in [-0.4, -0.2) is 37.1 Å². The van der Waals surface area contributed by atoms with Crippen molar-refractivity contribution in [1.82, 2.24) is 0 Å². The van der Waals surface area contributed by atoms with Gasteiger partial charge in [0.2, 0.25) is 5.91 Å². The molecule has 2 saturated heterocycles. The number of hydroxylamine groups is 1. The van der Waals surface area contributed by atoms with E-state index in [1.54, 1.807) is 54.6 Å². The molecular weight excluding hydrogens is 490 g/mol. The zero-order chi connectivity index (χ0) is 25.6. The molecule has 0 aromatic heterocycles. The van der Waals surface area contributed by atoms with Crippen LogP contribution >= 0.6 is 11.6 Å². The van der Waals surface area contributed by atoms with Crippen LogP contribution in [0.1, 0.15) is 11.6 Å². The number of anilines is 2. The molecule has 2 heterocycles. The molecule has 0 aliphatic carbocycles. The number of halogens is 1. The average Bonchev–Trinajstić information content (AvgIpc) is 3.40. The van der Waals surface area contributed by atoms with Crippen LogP contribution < -0.4 is 19.4 Å². The topological polar surface area (TPSA) is 111 Å². The summed E-state index contributed by atoms with van der Waals surface area (Å²) in [5.74, 6) is -1.78. The summed E-state index contributed by atoms with van der Waals surface area (Å²) in [5.41, 5.74) is 0.708. The van der Waals surface area contributed by atoms with E-state index in [9.17, 15) is 19.7 Å². The quantitative estimate of drug-likeness (QED) is 0.274.